The van der Waals surface area contributed by atoms with Gasteiger partial charge >= 0.3 is 0 Å². The Kier molecular flexibility index (Phi) is 7.79. The van der Waals surface area contributed by atoms with Gasteiger partial charge in [0.25, 0.3) is 10.5 Å². The molecule has 23 heavy (non-hydrogen) atoms. The second-order valence-corrected chi connectivity index (χ2v) is 8.21. The van der Waals surface area contributed by atoms with Gasteiger partial charge in [-0.15, -0.1) is 3.89 Å². The Labute approximate surface area is 142 Å². The molecule has 1 aliphatic rings. The van der Waals surface area contributed by atoms with Gasteiger partial charge in [-0.1, -0.05) is 12.1 Å². The fourth-order valence-electron chi connectivity index (χ4n) is 2.35. The van der Waals surface area contributed by atoms with Crippen LogP contribution in [-0.4, -0.2) is 57.0 Å². The molecule has 0 unspecified atom stereocenters. The highest BCUT2D eigenvalue weighted by Gasteiger charge is 2.26. The average molecular weight is 365 g/mol. The smallest absolute Gasteiger partial charge is 0.255 e. The summed E-state index contributed by atoms with van der Waals surface area (Å²) in [6, 6.07) is 8.46. The quantitative estimate of drug-likeness (QED) is 0.466. The molecule has 2 rings (SSSR count). The van der Waals surface area contributed by atoms with E-state index in [9.17, 15) is 3.89 Å². The molecule has 1 aliphatic heterocycles. The van der Waals surface area contributed by atoms with Gasteiger partial charge in [0.05, 0.1) is 34.3 Å². The minimum absolute atomic E-state index is 0.846. The van der Waals surface area contributed by atoms with Gasteiger partial charge in [-0.25, -0.2) is 8.42 Å². The van der Waals surface area contributed by atoms with E-state index >= 15 is 0 Å². The van der Waals surface area contributed by atoms with Crippen LogP contribution in [0.25, 0.3) is 0 Å². The predicted octanol–water partition coefficient (Wildman–Crippen LogP) is 2.58. The molecule has 1 fully saturated rings. The number of rotatable bonds is 4. The molecule has 0 spiro atoms. The molecule has 1 aromatic carbocycles. The number of hydrogen-bond donors (Lipinski definition) is 0. The molecule has 1 heterocycles. The van der Waals surface area contributed by atoms with Gasteiger partial charge in [0, 0.05) is 23.8 Å². The second-order valence-electron chi connectivity index (χ2n) is 6.13. The molecule has 0 bridgehead atoms. The lowest BCUT2D eigenvalue weighted by molar-refractivity contribution is -0.894. The third-order valence-electron chi connectivity index (χ3n) is 3.76. The summed E-state index contributed by atoms with van der Waals surface area (Å²) in [4.78, 5) is 0. The Balaban J connectivity index is 0.000000463. The summed E-state index contributed by atoms with van der Waals surface area (Å²) in [6.07, 6.45) is 2.71. The zero-order valence-electron chi connectivity index (χ0n) is 13.7. The Hall–Kier alpha value is -0.830. The number of thioether (sulfide) groups is 1. The number of methoxy groups -OCH3 is 1. The van der Waals surface area contributed by atoms with Crippen molar-refractivity contribution in [2.24, 2.45) is 0 Å². The average Bonchev–Trinajstić information content (AvgIpc) is 2.45. The van der Waals surface area contributed by atoms with Crippen LogP contribution in [0.15, 0.2) is 24.3 Å². The number of piperidine rings is 1. The number of halogens is 1. The van der Waals surface area contributed by atoms with Crippen LogP contribution in [0.3, 0.4) is 0 Å². The van der Waals surface area contributed by atoms with Gasteiger partial charge in [-0.2, -0.15) is 11.8 Å². The van der Waals surface area contributed by atoms with Crippen molar-refractivity contribution in [3.8, 4) is 5.75 Å². The van der Waals surface area contributed by atoms with Crippen molar-refractivity contribution in [1.82, 2.24) is 0 Å². The van der Waals surface area contributed by atoms with Crippen LogP contribution >= 0.6 is 11.8 Å². The normalized spacial score (nSPS) is 18.0. The molecule has 0 amide bonds. The first-order valence-electron chi connectivity index (χ1n) is 7.31. The molecule has 0 saturated carbocycles. The van der Waals surface area contributed by atoms with E-state index in [2.05, 4.69) is 50.1 Å². The Morgan fingerprint density at radius 1 is 1.26 bits per heavy atom. The van der Waals surface area contributed by atoms with Crippen LogP contribution in [0.2, 0.25) is 0 Å². The number of likely N-dealkylation sites (tertiary alicyclic amines) is 1. The van der Waals surface area contributed by atoms with E-state index in [1.807, 2.05) is 0 Å². The standard InChI is InChI=1S/C15H24NOS.FHO3S/c1-16(2)10-8-15(9-11-16)18-12-13-4-6-14(17-3)7-5-13;1-5(2,3)4/h4-7,15H,8-12H2,1-3H3;(H,2,3,4)/q+1;/p-1. The highest BCUT2D eigenvalue weighted by molar-refractivity contribution is 7.99. The zero-order chi connectivity index (χ0) is 17.5. The summed E-state index contributed by atoms with van der Waals surface area (Å²) in [5.41, 5.74) is 1.40. The predicted molar refractivity (Wildman–Crippen MR) is 90.0 cm³/mol. The fraction of sp³-hybridized carbons (Fsp3) is 0.600. The lowest BCUT2D eigenvalue weighted by Crippen LogP contribution is -2.46. The number of ether oxygens (including phenoxy) is 1. The van der Waals surface area contributed by atoms with Crippen molar-refractivity contribution in [2.45, 2.75) is 23.8 Å². The molecule has 1 saturated heterocycles. The van der Waals surface area contributed by atoms with Crippen LogP contribution in [0, 0.1) is 0 Å². The van der Waals surface area contributed by atoms with Crippen LogP contribution in [0.4, 0.5) is 3.89 Å². The maximum absolute atomic E-state index is 10.1. The van der Waals surface area contributed by atoms with Gasteiger partial charge in [0.15, 0.2) is 0 Å². The first-order chi connectivity index (χ1) is 10.6. The van der Waals surface area contributed by atoms with E-state index in [0.717, 1.165) is 16.8 Å². The second kappa shape index (κ2) is 8.86. The van der Waals surface area contributed by atoms with Crippen molar-refractivity contribution >= 4 is 22.3 Å². The molecule has 5 nitrogen and oxygen atoms in total. The monoisotopic (exact) mass is 365 g/mol. The third kappa shape index (κ3) is 9.80. The summed E-state index contributed by atoms with van der Waals surface area (Å²) in [7, 11) is 0.973. The molecule has 0 N–H and O–H groups in total. The summed E-state index contributed by atoms with van der Waals surface area (Å²) in [6.45, 7) is 2.64. The largest absolute Gasteiger partial charge is 0.722 e. The maximum atomic E-state index is 10.1. The molecular weight excluding hydrogens is 341 g/mol. The highest BCUT2D eigenvalue weighted by atomic mass is 32.3. The highest BCUT2D eigenvalue weighted by Crippen LogP contribution is 2.28. The molecular formula is C15H24FNO4S2. The van der Waals surface area contributed by atoms with Crippen molar-refractivity contribution < 1.29 is 26.1 Å². The van der Waals surface area contributed by atoms with E-state index in [0.29, 0.717) is 0 Å². The lowest BCUT2D eigenvalue weighted by Gasteiger charge is -2.36. The van der Waals surface area contributed by atoms with Gasteiger partial charge in [0.2, 0.25) is 0 Å². The summed E-state index contributed by atoms with van der Waals surface area (Å²) in [5, 5.41) is 0.846. The van der Waals surface area contributed by atoms with Crippen molar-refractivity contribution in [2.75, 3.05) is 34.3 Å². The fourth-order valence-corrected chi connectivity index (χ4v) is 3.51. The van der Waals surface area contributed by atoms with Crippen molar-refractivity contribution in [3.05, 3.63) is 29.8 Å². The maximum Gasteiger partial charge on any atom is 0.255 e. The minimum atomic E-state index is -5.42. The van der Waals surface area contributed by atoms with Crippen LogP contribution < -0.4 is 4.74 Å². The van der Waals surface area contributed by atoms with Gasteiger partial charge in [0.1, 0.15) is 5.75 Å². The first-order valence-corrected chi connectivity index (χ1v) is 9.67. The Morgan fingerprint density at radius 2 is 1.74 bits per heavy atom. The molecule has 0 atom stereocenters. The SMILES string of the molecule is COc1ccc(CSC2CC[N+](C)(C)CC2)cc1.O=S(=O)([O-])F. The van der Waals surface area contributed by atoms with Gasteiger partial charge in [-0.3, -0.25) is 0 Å². The van der Waals surface area contributed by atoms with E-state index < -0.39 is 10.5 Å². The molecule has 132 valence electrons. The van der Waals surface area contributed by atoms with Crippen LogP contribution in [-0.2, 0) is 16.3 Å². The number of nitrogens with zero attached hydrogens (tertiary/aromatic N) is 1. The van der Waals surface area contributed by atoms with E-state index in [1.54, 1.807) is 7.11 Å². The Bertz CT molecular complexity index is 558. The lowest BCUT2D eigenvalue weighted by atomic mass is 10.1. The molecule has 1 aromatic rings. The molecule has 8 heteroatoms. The van der Waals surface area contributed by atoms with Gasteiger partial charge < -0.3 is 13.8 Å². The summed E-state index contributed by atoms with van der Waals surface area (Å²) < 4.78 is 41.7. The molecule has 0 radical (unpaired) electrons. The first kappa shape index (κ1) is 20.2. The van der Waals surface area contributed by atoms with E-state index in [4.69, 9.17) is 17.7 Å². The van der Waals surface area contributed by atoms with Crippen LogP contribution in [0.5, 0.6) is 5.75 Å². The Morgan fingerprint density at radius 3 is 2.17 bits per heavy atom. The molecule has 0 aromatic heterocycles. The minimum Gasteiger partial charge on any atom is -0.722 e. The van der Waals surface area contributed by atoms with Gasteiger partial charge in [-0.05, 0) is 17.7 Å². The zero-order valence-corrected chi connectivity index (χ0v) is 15.3. The van der Waals surface area contributed by atoms with Crippen molar-refractivity contribution in [3.63, 3.8) is 0 Å². The van der Waals surface area contributed by atoms with Crippen molar-refractivity contribution in [1.29, 1.82) is 0 Å². The van der Waals surface area contributed by atoms with E-state index in [1.165, 1.54) is 36.0 Å². The number of hydrogen-bond acceptors (Lipinski definition) is 5. The summed E-state index contributed by atoms with van der Waals surface area (Å²) >= 11 is 2.11. The number of benzene rings is 1. The van der Waals surface area contributed by atoms with E-state index in [-0.39, 0.29) is 0 Å². The van der Waals surface area contributed by atoms with Crippen LogP contribution in [0.1, 0.15) is 18.4 Å². The summed E-state index contributed by atoms with van der Waals surface area (Å²) in [5.74, 6) is 2.07. The third-order valence-corrected chi connectivity index (χ3v) is 5.20. The topological polar surface area (TPSA) is 66.4 Å². The molecule has 0 aliphatic carbocycles. The number of quaternary nitrogens is 1.